The lowest BCUT2D eigenvalue weighted by atomic mass is 9.89. The number of ether oxygens (including phenoxy) is 1. The zero-order valence-electron chi connectivity index (χ0n) is 6.96. The predicted octanol–water partition coefficient (Wildman–Crippen LogP) is 2.04. The van der Waals surface area contributed by atoms with Crippen molar-refractivity contribution in [2.45, 2.75) is 31.8 Å². The molecule has 0 aliphatic heterocycles. The average Bonchev–Trinajstić information content (AvgIpc) is 2.03. The first-order chi connectivity index (χ1) is 5.72. The molecule has 0 heterocycles. The molecule has 4 heteroatoms. The zero-order valence-corrected chi connectivity index (χ0v) is 8.55. The molecule has 70 valence electrons. The van der Waals surface area contributed by atoms with E-state index in [1.54, 1.807) is 0 Å². The van der Waals surface area contributed by atoms with Crippen molar-refractivity contribution < 1.29 is 9.53 Å². The Labute approximate surface area is 80.8 Å². The second kappa shape index (κ2) is 4.70. The first-order valence-electron chi connectivity index (χ1n) is 4.24. The van der Waals surface area contributed by atoms with Gasteiger partial charge in [0, 0.05) is 5.33 Å². The van der Waals surface area contributed by atoms with Gasteiger partial charge in [0.05, 0.1) is 0 Å². The highest BCUT2D eigenvalue weighted by atomic mass is 79.9. The van der Waals surface area contributed by atoms with Gasteiger partial charge >= 0.3 is 6.09 Å². The zero-order chi connectivity index (χ0) is 8.97. The Hall–Kier alpha value is -0.250. The van der Waals surface area contributed by atoms with Gasteiger partial charge in [0.1, 0.15) is 6.10 Å². The van der Waals surface area contributed by atoms with Crippen LogP contribution in [0, 0.1) is 5.92 Å². The van der Waals surface area contributed by atoms with Crippen molar-refractivity contribution in [1.82, 2.24) is 0 Å². The minimum atomic E-state index is -0.643. The Kier molecular flexibility index (Phi) is 3.85. The molecule has 12 heavy (non-hydrogen) atoms. The number of halogens is 1. The highest BCUT2D eigenvalue weighted by Crippen LogP contribution is 2.27. The van der Waals surface area contributed by atoms with E-state index in [9.17, 15) is 4.79 Å². The summed E-state index contributed by atoms with van der Waals surface area (Å²) in [4.78, 5) is 10.5. The molecule has 0 bridgehead atoms. The SMILES string of the molecule is NC(=O)O[C@H]1CCC[C@@H](CBr)C1. The molecule has 1 saturated carbocycles. The summed E-state index contributed by atoms with van der Waals surface area (Å²) in [5.74, 6) is 0.642. The van der Waals surface area contributed by atoms with Crippen LogP contribution in [0.1, 0.15) is 25.7 Å². The third kappa shape index (κ3) is 3.01. The van der Waals surface area contributed by atoms with Crippen molar-refractivity contribution in [3.63, 3.8) is 0 Å². The first-order valence-corrected chi connectivity index (χ1v) is 5.36. The largest absolute Gasteiger partial charge is 0.446 e. The summed E-state index contributed by atoms with van der Waals surface area (Å²) in [6.07, 6.45) is 3.69. The van der Waals surface area contributed by atoms with Crippen LogP contribution in [0.25, 0.3) is 0 Å². The van der Waals surface area contributed by atoms with Crippen molar-refractivity contribution in [3.8, 4) is 0 Å². The maximum Gasteiger partial charge on any atom is 0.404 e. The quantitative estimate of drug-likeness (QED) is 0.746. The maximum absolute atomic E-state index is 10.5. The molecular formula is C8H14BrNO2. The van der Waals surface area contributed by atoms with Crippen LogP contribution in [0.15, 0.2) is 0 Å². The number of alkyl halides is 1. The fourth-order valence-electron chi connectivity index (χ4n) is 1.65. The lowest BCUT2D eigenvalue weighted by Crippen LogP contribution is -2.28. The Morgan fingerprint density at radius 3 is 2.92 bits per heavy atom. The summed E-state index contributed by atoms with van der Waals surface area (Å²) in [7, 11) is 0. The molecule has 0 spiro atoms. The van der Waals surface area contributed by atoms with Gasteiger partial charge in [-0.25, -0.2) is 4.79 Å². The summed E-state index contributed by atoms with van der Waals surface area (Å²) in [6, 6.07) is 0. The molecule has 3 nitrogen and oxygen atoms in total. The van der Waals surface area contributed by atoms with Gasteiger partial charge in [-0.2, -0.15) is 0 Å². The molecule has 0 aromatic rings. The highest BCUT2D eigenvalue weighted by Gasteiger charge is 2.23. The second-order valence-electron chi connectivity index (χ2n) is 3.25. The Balaban J connectivity index is 2.30. The lowest BCUT2D eigenvalue weighted by Gasteiger charge is -2.26. The number of primary amides is 1. The second-order valence-corrected chi connectivity index (χ2v) is 3.89. The maximum atomic E-state index is 10.5. The molecule has 1 aliphatic carbocycles. The molecular weight excluding hydrogens is 222 g/mol. The van der Waals surface area contributed by atoms with Crippen LogP contribution >= 0.6 is 15.9 Å². The van der Waals surface area contributed by atoms with Crippen LogP contribution in [0.5, 0.6) is 0 Å². The van der Waals surface area contributed by atoms with Crippen molar-refractivity contribution in [3.05, 3.63) is 0 Å². The Morgan fingerprint density at radius 2 is 2.33 bits per heavy atom. The first kappa shape index (κ1) is 9.84. The van der Waals surface area contributed by atoms with Gasteiger partial charge in [-0.3, -0.25) is 0 Å². The molecule has 1 amide bonds. The van der Waals surface area contributed by atoms with Crippen LogP contribution in [-0.2, 0) is 4.74 Å². The lowest BCUT2D eigenvalue weighted by molar-refractivity contribution is 0.0700. The molecule has 0 unspecified atom stereocenters. The fraction of sp³-hybridized carbons (Fsp3) is 0.875. The van der Waals surface area contributed by atoms with Crippen molar-refractivity contribution in [1.29, 1.82) is 0 Å². The van der Waals surface area contributed by atoms with E-state index in [4.69, 9.17) is 10.5 Å². The van der Waals surface area contributed by atoms with Gasteiger partial charge in [-0.05, 0) is 31.6 Å². The van der Waals surface area contributed by atoms with E-state index in [1.165, 1.54) is 6.42 Å². The van der Waals surface area contributed by atoms with Crippen molar-refractivity contribution >= 4 is 22.0 Å². The minimum Gasteiger partial charge on any atom is -0.446 e. The average molecular weight is 236 g/mol. The van der Waals surface area contributed by atoms with Crippen molar-refractivity contribution in [2.75, 3.05) is 5.33 Å². The molecule has 1 aliphatic rings. The number of hydrogen-bond donors (Lipinski definition) is 1. The number of carbonyl (C=O) groups is 1. The predicted molar refractivity (Wildman–Crippen MR) is 50.2 cm³/mol. The van der Waals surface area contributed by atoms with Crippen LogP contribution in [0.2, 0.25) is 0 Å². The van der Waals surface area contributed by atoms with E-state index in [0.717, 1.165) is 24.6 Å². The molecule has 0 aromatic carbocycles. The molecule has 1 rings (SSSR count). The summed E-state index contributed by atoms with van der Waals surface area (Å²) >= 11 is 3.43. The fourth-order valence-corrected chi connectivity index (χ4v) is 2.24. The third-order valence-corrected chi connectivity index (χ3v) is 3.15. The van der Waals surface area contributed by atoms with Gasteiger partial charge in [-0.15, -0.1) is 0 Å². The third-order valence-electron chi connectivity index (χ3n) is 2.24. The van der Waals surface area contributed by atoms with Crippen molar-refractivity contribution in [2.24, 2.45) is 11.7 Å². The van der Waals surface area contributed by atoms with E-state index >= 15 is 0 Å². The monoisotopic (exact) mass is 235 g/mol. The number of carbonyl (C=O) groups excluding carboxylic acids is 1. The number of nitrogens with two attached hydrogens (primary N) is 1. The molecule has 2 N–H and O–H groups in total. The molecule has 0 aromatic heterocycles. The van der Waals surface area contributed by atoms with Gasteiger partial charge < -0.3 is 10.5 Å². The van der Waals surface area contributed by atoms with E-state index in [2.05, 4.69) is 15.9 Å². The van der Waals surface area contributed by atoms with E-state index < -0.39 is 6.09 Å². The van der Waals surface area contributed by atoms with Gasteiger partial charge in [-0.1, -0.05) is 15.9 Å². The number of hydrogen-bond acceptors (Lipinski definition) is 2. The summed E-state index contributed by atoms with van der Waals surface area (Å²) in [6.45, 7) is 0. The smallest absolute Gasteiger partial charge is 0.404 e. The van der Waals surface area contributed by atoms with Gasteiger partial charge in [0.15, 0.2) is 0 Å². The molecule has 1 fully saturated rings. The summed E-state index contributed by atoms with van der Waals surface area (Å²) < 4.78 is 4.94. The molecule has 0 saturated heterocycles. The standard InChI is InChI=1S/C8H14BrNO2/c9-5-6-2-1-3-7(4-6)12-8(10)11/h6-7H,1-5H2,(H2,10,11)/t6-,7+/m1/s1. The molecule has 0 radical (unpaired) electrons. The van der Waals surface area contributed by atoms with E-state index in [0.29, 0.717) is 5.92 Å². The topological polar surface area (TPSA) is 52.3 Å². The summed E-state index contributed by atoms with van der Waals surface area (Å²) in [5.41, 5.74) is 4.94. The van der Waals surface area contributed by atoms with Gasteiger partial charge in [0.25, 0.3) is 0 Å². The van der Waals surface area contributed by atoms with E-state index in [1.807, 2.05) is 0 Å². The van der Waals surface area contributed by atoms with Crippen LogP contribution in [-0.4, -0.2) is 17.5 Å². The Bertz CT molecular complexity index is 163. The van der Waals surface area contributed by atoms with Crippen LogP contribution in [0.3, 0.4) is 0 Å². The molecule has 2 atom stereocenters. The van der Waals surface area contributed by atoms with E-state index in [-0.39, 0.29) is 6.10 Å². The van der Waals surface area contributed by atoms with Crippen LogP contribution < -0.4 is 5.73 Å². The minimum absolute atomic E-state index is 0.0544. The normalized spacial score (nSPS) is 29.8. The Morgan fingerprint density at radius 1 is 1.58 bits per heavy atom. The number of amides is 1. The number of rotatable bonds is 2. The highest BCUT2D eigenvalue weighted by molar-refractivity contribution is 9.09. The summed E-state index contributed by atoms with van der Waals surface area (Å²) in [5, 5.41) is 0.992. The van der Waals surface area contributed by atoms with Crippen LogP contribution in [0.4, 0.5) is 4.79 Å². The van der Waals surface area contributed by atoms with Gasteiger partial charge in [0.2, 0.25) is 0 Å².